The molecule has 3 N–H and O–H groups in total. The van der Waals surface area contributed by atoms with Crippen LogP contribution in [0.5, 0.6) is 11.5 Å². The maximum Gasteiger partial charge on any atom is 0.315 e. The molecular formula is C23H31N3O4. The van der Waals surface area contributed by atoms with E-state index in [9.17, 15) is 9.59 Å². The molecule has 7 heteroatoms. The summed E-state index contributed by atoms with van der Waals surface area (Å²) in [6.07, 6.45) is 0.757. The molecule has 0 aliphatic rings. The van der Waals surface area contributed by atoms with Crippen LogP contribution in [-0.4, -0.2) is 32.2 Å². The predicted octanol–water partition coefficient (Wildman–Crippen LogP) is 3.23. The predicted molar refractivity (Wildman–Crippen MR) is 116 cm³/mol. The van der Waals surface area contributed by atoms with Crippen molar-refractivity contribution in [3.8, 4) is 11.5 Å². The Balaban J connectivity index is 1.93. The molecule has 1 unspecified atom stereocenters. The molecule has 2 atom stereocenters. The summed E-state index contributed by atoms with van der Waals surface area (Å²) in [7, 11) is 3.20. The lowest BCUT2D eigenvalue weighted by Gasteiger charge is -2.24. The lowest BCUT2D eigenvalue weighted by atomic mass is 9.98. The fourth-order valence-electron chi connectivity index (χ4n) is 2.94. The van der Waals surface area contributed by atoms with Crippen LogP contribution in [-0.2, 0) is 17.9 Å². The quantitative estimate of drug-likeness (QED) is 0.558. The molecule has 0 aliphatic heterocycles. The van der Waals surface area contributed by atoms with Crippen LogP contribution in [0.25, 0.3) is 0 Å². The first-order valence-corrected chi connectivity index (χ1v) is 10.0. The Morgan fingerprint density at radius 2 is 1.43 bits per heavy atom. The highest BCUT2D eigenvalue weighted by molar-refractivity contribution is 5.87. The third-order valence-corrected chi connectivity index (χ3v) is 4.97. The summed E-state index contributed by atoms with van der Waals surface area (Å²) >= 11 is 0. The number of rotatable bonds is 10. The van der Waals surface area contributed by atoms with Crippen LogP contribution in [0.15, 0.2) is 48.5 Å². The number of benzene rings is 2. The molecule has 2 aromatic rings. The van der Waals surface area contributed by atoms with Crippen LogP contribution < -0.4 is 25.4 Å². The molecule has 0 saturated heterocycles. The molecular weight excluding hydrogens is 382 g/mol. The number of methoxy groups -OCH3 is 2. The van der Waals surface area contributed by atoms with E-state index >= 15 is 0 Å². The van der Waals surface area contributed by atoms with Crippen LogP contribution in [0.3, 0.4) is 0 Å². The SMILES string of the molecule is CCC(C)[C@H](NC(=O)NCc1cccc(OC)c1)C(=O)NCc1cccc(OC)c1. The van der Waals surface area contributed by atoms with Crippen molar-refractivity contribution < 1.29 is 19.1 Å². The Hall–Kier alpha value is -3.22. The number of urea groups is 1. The van der Waals surface area contributed by atoms with Crippen LogP contribution in [0, 0.1) is 5.92 Å². The lowest BCUT2D eigenvalue weighted by molar-refractivity contribution is -0.124. The maximum absolute atomic E-state index is 12.8. The number of hydrogen-bond donors (Lipinski definition) is 3. The van der Waals surface area contributed by atoms with Gasteiger partial charge < -0.3 is 25.4 Å². The molecule has 0 heterocycles. The summed E-state index contributed by atoms with van der Waals surface area (Å²) in [6, 6.07) is 13.9. The molecule has 0 bridgehead atoms. The average Bonchev–Trinajstić information content (AvgIpc) is 2.79. The molecule has 2 aromatic carbocycles. The Morgan fingerprint density at radius 1 is 0.900 bits per heavy atom. The van der Waals surface area contributed by atoms with Gasteiger partial charge in [0.25, 0.3) is 0 Å². The average molecular weight is 414 g/mol. The smallest absolute Gasteiger partial charge is 0.315 e. The number of nitrogens with one attached hydrogen (secondary N) is 3. The molecule has 7 nitrogen and oxygen atoms in total. The largest absolute Gasteiger partial charge is 0.497 e. The summed E-state index contributed by atoms with van der Waals surface area (Å²) in [6.45, 7) is 4.62. The fourth-order valence-corrected chi connectivity index (χ4v) is 2.94. The minimum Gasteiger partial charge on any atom is -0.497 e. The second-order valence-corrected chi connectivity index (χ2v) is 7.11. The topological polar surface area (TPSA) is 88.7 Å². The van der Waals surface area contributed by atoms with Gasteiger partial charge in [-0.05, 0) is 41.3 Å². The number of ether oxygens (including phenoxy) is 2. The van der Waals surface area contributed by atoms with E-state index in [2.05, 4.69) is 16.0 Å². The summed E-state index contributed by atoms with van der Waals surface area (Å²) < 4.78 is 10.4. The van der Waals surface area contributed by atoms with Crippen LogP contribution in [0.2, 0.25) is 0 Å². The fraction of sp³-hybridized carbons (Fsp3) is 0.391. The zero-order chi connectivity index (χ0) is 21.9. The zero-order valence-electron chi connectivity index (χ0n) is 18.0. The van der Waals surface area contributed by atoms with E-state index in [0.717, 1.165) is 29.0 Å². The second kappa shape index (κ2) is 11.7. The first kappa shape index (κ1) is 23.1. The van der Waals surface area contributed by atoms with Gasteiger partial charge in [-0.2, -0.15) is 0 Å². The number of carbonyl (C=O) groups is 2. The molecule has 30 heavy (non-hydrogen) atoms. The highest BCUT2D eigenvalue weighted by atomic mass is 16.5. The normalized spacial score (nSPS) is 12.4. The van der Waals surface area contributed by atoms with Crippen molar-refractivity contribution in [1.82, 2.24) is 16.0 Å². The van der Waals surface area contributed by atoms with Gasteiger partial charge in [-0.25, -0.2) is 4.79 Å². The number of hydrogen-bond acceptors (Lipinski definition) is 4. The van der Waals surface area contributed by atoms with Gasteiger partial charge >= 0.3 is 6.03 Å². The monoisotopic (exact) mass is 413 g/mol. The van der Waals surface area contributed by atoms with Crippen LogP contribution in [0.1, 0.15) is 31.4 Å². The van der Waals surface area contributed by atoms with Gasteiger partial charge in [0.05, 0.1) is 14.2 Å². The Morgan fingerprint density at radius 3 is 1.93 bits per heavy atom. The van der Waals surface area contributed by atoms with E-state index in [1.807, 2.05) is 62.4 Å². The summed E-state index contributed by atoms with van der Waals surface area (Å²) in [5.74, 6) is 1.22. The van der Waals surface area contributed by atoms with E-state index in [1.165, 1.54) is 0 Å². The zero-order valence-corrected chi connectivity index (χ0v) is 18.0. The van der Waals surface area contributed by atoms with Crippen molar-refractivity contribution in [2.75, 3.05) is 14.2 Å². The van der Waals surface area contributed by atoms with Gasteiger partial charge in [-0.15, -0.1) is 0 Å². The van der Waals surface area contributed by atoms with Gasteiger partial charge in [-0.3, -0.25) is 4.79 Å². The Labute approximate surface area is 178 Å². The van der Waals surface area contributed by atoms with Gasteiger partial charge in [0, 0.05) is 13.1 Å². The highest BCUT2D eigenvalue weighted by Gasteiger charge is 2.25. The van der Waals surface area contributed by atoms with Crippen molar-refractivity contribution >= 4 is 11.9 Å². The van der Waals surface area contributed by atoms with E-state index in [-0.39, 0.29) is 17.9 Å². The third kappa shape index (κ3) is 6.99. The lowest BCUT2D eigenvalue weighted by Crippen LogP contribution is -2.52. The Kier molecular flexibility index (Phi) is 9.00. The minimum absolute atomic E-state index is 0.0159. The third-order valence-electron chi connectivity index (χ3n) is 4.97. The number of carbonyl (C=O) groups excluding carboxylic acids is 2. The standard InChI is InChI=1S/C23H31N3O4/c1-5-16(2)21(22(27)24-14-17-8-6-10-19(12-17)29-3)26-23(28)25-15-18-9-7-11-20(13-18)30-4/h6-13,16,21H,5,14-15H2,1-4H3,(H,24,27)(H2,25,26,28)/t16?,21-/m0/s1. The molecule has 162 valence electrons. The van der Waals surface area contributed by atoms with Gasteiger partial charge in [-0.1, -0.05) is 44.5 Å². The van der Waals surface area contributed by atoms with Crippen molar-refractivity contribution in [2.45, 2.75) is 39.4 Å². The molecule has 2 rings (SSSR count). The van der Waals surface area contributed by atoms with E-state index in [0.29, 0.717) is 13.1 Å². The number of amides is 3. The molecule has 0 spiro atoms. The highest BCUT2D eigenvalue weighted by Crippen LogP contribution is 2.14. The Bertz CT molecular complexity index is 841. The van der Waals surface area contributed by atoms with Crippen molar-refractivity contribution in [3.63, 3.8) is 0 Å². The van der Waals surface area contributed by atoms with Crippen molar-refractivity contribution in [3.05, 3.63) is 59.7 Å². The molecule has 0 radical (unpaired) electrons. The molecule has 0 saturated carbocycles. The molecule has 0 fully saturated rings. The van der Waals surface area contributed by atoms with Gasteiger partial charge in [0.1, 0.15) is 17.5 Å². The molecule has 0 aliphatic carbocycles. The first-order chi connectivity index (χ1) is 14.5. The summed E-state index contributed by atoms with van der Waals surface area (Å²) in [5, 5.41) is 8.51. The van der Waals surface area contributed by atoms with Gasteiger partial charge in [0.15, 0.2) is 0 Å². The molecule has 0 aromatic heterocycles. The van der Waals surface area contributed by atoms with E-state index < -0.39 is 6.04 Å². The first-order valence-electron chi connectivity index (χ1n) is 10.0. The molecule has 3 amide bonds. The second-order valence-electron chi connectivity index (χ2n) is 7.11. The van der Waals surface area contributed by atoms with Crippen molar-refractivity contribution in [2.24, 2.45) is 5.92 Å². The van der Waals surface area contributed by atoms with Crippen molar-refractivity contribution in [1.29, 1.82) is 0 Å². The maximum atomic E-state index is 12.8. The van der Waals surface area contributed by atoms with E-state index in [1.54, 1.807) is 14.2 Å². The van der Waals surface area contributed by atoms with E-state index in [4.69, 9.17) is 9.47 Å². The minimum atomic E-state index is -0.633. The summed E-state index contributed by atoms with van der Waals surface area (Å²) in [4.78, 5) is 25.2. The van der Waals surface area contributed by atoms with Gasteiger partial charge in [0.2, 0.25) is 5.91 Å². The van der Waals surface area contributed by atoms with Crippen LogP contribution >= 0.6 is 0 Å². The van der Waals surface area contributed by atoms with Crippen LogP contribution in [0.4, 0.5) is 4.79 Å². The summed E-state index contributed by atoms with van der Waals surface area (Å²) in [5.41, 5.74) is 1.83.